The number of ether oxygens (including phenoxy) is 1. The second-order valence-corrected chi connectivity index (χ2v) is 9.27. The van der Waals surface area contributed by atoms with E-state index in [1.807, 2.05) is 11.3 Å². The smallest absolute Gasteiger partial charge is 0.0629 e. The second kappa shape index (κ2) is 9.16. The van der Waals surface area contributed by atoms with Crippen molar-refractivity contribution in [3.05, 3.63) is 58.3 Å². The molecular formula is C23H33NOS. The Bertz CT molecular complexity index is 637. The highest BCUT2D eigenvalue weighted by Gasteiger charge is 2.33. The van der Waals surface area contributed by atoms with Crippen molar-refractivity contribution in [2.75, 3.05) is 13.2 Å². The van der Waals surface area contributed by atoms with Crippen molar-refractivity contribution in [2.45, 2.75) is 58.1 Å². The molecule has 0 bridgehead atoms. The lowest BCUT2D eigenvalue weighted by Crippen LogP contribution is -2.38. The number of hydrogen-bond donors (Lipinski definition) is 1. The Morgan fingerprint density at radius 3 is 2.69 bits per heavy atom. The van der Waals surface area contributed by atoms with Gasteiger partial charge in [0.15, 0.2) is 0 Å². The standard InChI is InChI=1S/C23H33NOS/c1-18(22-10-7-15-26-22)24-13-11-20(16-19-8-5-4-6-9-19)21-12-14-25-23(2,3)17-21/h4-10,15,18,20-21,24H,11-14,16-17H2,1-3H3/t18-,20+,21-/m1/s1. The Balaban J connectivity index is 1.60. The molecule has 26 heavy (non-hydrogen) atoms. The number of benzene rings is 1. The molecule has 0 aliphatic carbocycles. The van der Waals surface area contributed by atoms with Gasteiger partial charge >= 0.3 is 0 Å². The number of hydrogen-bond acceptors (Lipinski definition) is 3. The molecule has 1 N–H and O–H groups in total. The van der Waals surface area contributed by atoms with Crippen LogP contribution >= 0.6 is 11.3 Å². The van der Waals surface area contributed by atoms with Crippen LogP contribution < -0.4 is 5.32 Å². The molecule has 2 nitrogen and oxygen atoms in total. The lowest BCUT2D eigenvalue weighted by molar-refractivity contribution is -0.0830. The minimum absolute atomic E-state index is 0.0234. The highest BCUT2D eigenvalue weighted by atomic mass is 32.1. The van der Waals surface area contributed by atoms with Crippen LogP contribution in [0.1, 0.15) is 56.5 Å². The van der Waals surface area contributed by atoms with Crippen LogP contribution in [0.5, 0.6) is 0 Å². The maximum Gasteiger partial charge on any atom is 0.0629 e. The van der Waals surface area contributed by atoms with Crippen LogP contribution in [-0.2, 0) is 11.2 Å². The lowest BCUT2D eigenvalue weighted by Gasteiger charge is -2.39. The van der Waals surface area contributed by atoms with E-state index in [9.17, 15) is 0 Å². The Kier molecular flexibility index (Phi) is 6.91. The summed E-state index contributed by atoms with van der Waals surface area (Å²) in [7, 11) is 0. The van der Waals surface area contributed by atoms with E-state index in [0.29, 0.717) is 12.0 Å². The Morgan fingerprint density at radius 2 is 2.00 bits per heavy atom. The minimum Gasteiger partial charge on any atom is -0.376 e. The van der Waals surface area contributed by atoms with Gasteiger partial charge < -0.3 is 10.1 Å². The summed E-state index contributed by atoms with van der Waals surface area (Å²) in [6, 6.07) is 15.8. The highest BCUT2D eigenvalue weighted by Crippen LogP contribution is 2.36. The Morgan fingerprint density at radius 1 is 1.19 bits per heavy atom. The first kappa shape index (κ1) is 19.6. The summed E-state index contributed by atoms with van der Waals surface area (Å²) in [5.74, 6) is 1.46. The van der Waals surface area contributed by atoms with E-state index in [4.69, 9.17) is 4.74 Å². The fourth-order valence-electron chi connectivity index (χ4n) is 4.23. The van der Waals surface area contributed by atoms with Crippen molar-refractivity contribution in [3.63, 3.8) is 0 Å². The van der Waals surface area contributed by atoms with Gasteiger partial charge in [0.2, 0.25) is 0 Å². The number of rotatable bonds is 8. The zero-order chi connectivity index (χ0) is 18.4. The average molecular weight is 372 g/mol. The largest absolute Gasteiger partial charge is 0.376 e. The molecule has 0 unspecified atom stereocenters. The Labute approximate surface area is 163 Å². The summed E-state index contributed by atoms with van der Waals surface area (Å²) in [5, 5.41) is 5.90. The molecule has 1 aromatic heterocycles. The van der Waals surface area contributed by atoms with Crippen LogP contribution in [0.25, 0.3) is 0 Å². The molecule has 1 aliphatic rings. The molecule has 2 aromatic rings. The summed E-state index contributed by atoms with van der Waals surface area (Å²) < 4.78 is 5.97. The van der Waals surface area contributed by atoms with Gasteiger partial charge in [0.25, 0.3) is 0 Å². The van der Waals surface area contributed by atoms with E-state index in [1.54, 1.807) is 0 Å². The predicted molar refractivity (Wildman–Crippen MR) is 112 cm³/mol. The van der Waals surface area contributed by atoms with Crippen LogP contribution in [0.2, 0.25) is 0 Å². The van der Waals surface area contributed by atoms with Gasteiger partial charge in [-0.1, -0.05) is 36.4 Å². The average Bonchev–Trinajstić information content (AvgIpc) is 3.15. The van der Waals surface area contributed by atoms with E-state index in [1.165, 1.54) is 36.1 Å². The fourth-order valence-corrected chi connectivity index (χ4v) is 4.98. The zero-order valence-corrected chi connectivity index (χ0v) is 17.2. The first-order chi connectivity index (χ1) is 12.5. The fraction of sp³-hybridized carbons (Fsp3) is 0.565. The van der Waals surface area contributed by atoms with Crippen LogP contribution in [-0.4, -0.2) is 18.8 Å². The normalized spacial score (nSPS) is 22.0. The summed E-state index contributed by atoms with van der Waals surface area (Å²) in [6.45, 7) is 8.75. The predicted octanol–water partition coefficient (Wildman–Crippen LogP) is 5.85. The number of thiophene rings is 1. The third kappa shape index (κ3) is 5.67. The van der Waals surface area contributed by atoms with Crippen molar-refractivity contribution in [1.82, 2.24) is 5.32 Å². The maximum absolute atomic E-state index is 5.97. The van der Waals surface area contributed by atoms with Crippen LogP contribution in [0.3, 0.4) is 0 Å². The van der Waals surface area contributed by atoms with E-state index in [-0.39, 0.29) is 5.60 Å². The van der Waals surface area contributed by atoms with Crippen LogP contribution in [0, 0.1) is 11.8 Å². The maximum atomic E-state index is 5.97. The molecular weight excluding hydrogens is 338 g/mol. The molecule has 2 heterocycles. The number of nitrogens with one attached hydrogen (secondary N) is 1. The molecule has 1 saturated heterocycles. The summed E-state index contributed by atoms with van der Waals surface area (Å²) in [6.07, 6.45) is 4.77. The molecule has 0 amide bonds. The van der Waals surface area contributed by atoms with Crippen LogP contribution in [0.4, 0.5) is 0 Å². The SMILES string of the molecule is C[C@@H](NCC[C@@H](Cc1ccccc1)[C@@H]1CCOC(C)(C)C1)c1cccs1. The molecule has 3 heteroatoms. The molecule has 1 fully saturated rings. The summed E-state index contributed by atoms with van der Waals surface area (Å²) >= 11 is 1.84. The van der Waals surface area contributed by atoms with Gasteiger partial charge in [-0.3, -0.25) is 0 Å². The van der Waals surface area contributed by atoms with Crippen molar-refractivity contribution in [3.8, 4) is 0 Å². The van der Waals surface area contributed by atoms with Crippen molar-refractivity contribution in [1.29, 1.82) is 0 Å². The topological polar surface area (TPSA) is 21.3 Å². The van der Waals surface area contributed by atoms with E-state index >= 15 is 0 Å². The van der Waals surface area contributed by atoms with E-state index in [2.05, 4.69) is 73.9 Å². The van der Waals surface area contributed by atoms with Crippen molar-refractivity contribution >= 4 is 11.3 Å². The van der Waals surface area contributed by atoms with Gasteiger partial charge in [0, 0.05) is 17.5 Å². The molecule has 3 rings (SSSR count). The van der Waals surface area contributed by atoms with Crippen molar-refractivity contribution in [2.24, 2.45) is 11.8 Å². The first-order valence-corrected chi connectivity index (χ1v) is 10.9. The monoisotopic (exact) mass is 371 g/mol. The molecule has 1 aromatic carbocycles. The third-order valence-corrected chi connectivity index (χ3v) is 6.73. The van der Waals surface area contributed by atoms with Crippen LogP contribution in [0.15, 0.2) is 47.8 Å². The lowest BCUT2D eigenvalue weighted by atomic mass is 9.75. The zero-order valence-electron chi connectivity index (χ0n) is 16.4. The second-order valence-electron chi connectivity index (χ2n) is 8.29. The molecule has 0 radical (unpaired) electrons. The van der Waals surface area contributed by atoms with Gasteiger partial charge in [0.05, 0.1) is 5.60 Å². The first-order valence-electron chi connectivity index (χ1n) is 9.98. The highest BCUT2D eigenvalue weighted by molar-refractivity contribution is 7.10. The Hall–Kier alpha value is -1.16. The molecule has 142 valence electrons. The summed E-state index contributed by atoms with van der Waals surface area (Å²) in [5.41, 5.74) is 1.49. The van der Waals surface area contributed by atoms with Gasteiger partial charge in [0.1, 0.15) is 0 Å². The third-order valence-electron chi connectivity index (χ3n) is 5.68. The van der Waals surface area contributed by atoms with E-state index < -0.39 is 0 Å². The molecule has 0 spiro atoms. The van der Waals surface area contributed by atoms with E-state index in [0.717, 1.165) is 19.1 Å². The molecule has 1 aliphatic heterocycles. The minimum atomic E-state index is 0.0234. The van der Waals surface area contributed by atoms with Gasteiger partial charge in [-0.15, -0.1) is 11.3 Å². The van der Waals surface area contributed by atoms with Gasteiger partial charge in [-0.05, 0) is 81.8 Å². The van der Waals surface area contributed by atoms with Gasteiger partial charge in [-0.25, -0.2) is 0 Å². The molecule has 0 saturated carbocycles. The summed E-state index contributed by atoms with van der Waals surface area (Å²) in [4.78, 5) is 1.43. The quantitative estimate of drug-likeness (QED) is 0.628. The molecule has 3 atom stereocenters. The van der Waals surface area contributed by atoms with Gasteiger partial charge in [-0.2, -0.15) is 0 Å². The van der Waals surface area contributed by atoms with Crippen molar-refractivity contribution < 1.29 is 4.74 Å².